The highest BCUT2D eigenvalue weighted by atomic mass is 19.4. The highest BCUT2D eigenvalue weighted by Crippen LogP contribution is 2.44. The second kappa shape index (κ2) is 5.40. The number of hydrogen-bond donors (Lipinski definition) is 2. The Morgan fingerprint density at radius 3 is 2.39 bits per heavy atom. The first kappa shape index (κ1) is 15.6. The van der Waals surface area contributed by atoms with Crippen LogP contribution in [0.25, 0.3) is 0 Å². The van der Waals surface area contributed by atoms with Gasteiger partial charge in [0.15, 0.2) is 0 Å². The molecule has 7 heteroatoms. The van der Waals surface area contributed by atoms with E-state index in [2.05, 4.69) is 11.4 Å². The van der Waals surface area contributed by atoms with Crippen molar-refractivity contribution in [3.05, 3.63) is 41.5 Å². The van der Waals surface area contributed by atoms with Gasteiger partial charge in [0.05, 0.1) is 5.56 Å². The molecule has 2 amide bonds. The van der Waals surface area contributed by atoms with E-state index >= 15 is 0 Å². The number of hydrogen-bond acceptors (Lipinski definition) is 2. The van der Waals surface area contributed by atoms with Gasteiger partial charge >= 0.3 is 6.18 Å². The van der Waals surface area contributed by atoms with Crippen molar-refractivity contribution in [1.82, 2.24) is 0 Å². The van der Waals surface area contributed by atoms with E-state index in [1.165, 1.54) is 6.07 Å². The molecule has 0 aromatic heterocycles. The minimum Gasteiger partial charge on any atom is -0.366 e. The monoisotopic (exact) mass is 324 g/mol. The Balaban J connectivity index is 1.84. The smallest absolute Gasteiger partial charge is 0.366 e. The maximum Gasteiger partial charge on any atom is 0.416 e. The molecule has 1 saturated carbocycles. The Kier molecular flexibility index (Phi) is 3.66. The van der Waals surface area contributed by atoms with Crippen molar-refractivity contribution in [2.45, 2.75) is 19.0 Å². The van der Waals surface area contributed by atoms with Crippen molar-refractivity contribution < 1.29 is 22.8 Å². The van der Waals surface area contributed by atoms with Crippen LogP contribution in [0.5, 0.6) is 0 Å². The molecule has 2 aliphatic rings. The Morgan fingerprint density at radius 1 is 1.13 bits per heavy atom. The average Bonchev–Trinajstić information content (AvgIpc) is 3.08. The number of primary amides is 1. The lowest BCUT2D eigenvalue weighted by Crippen LogP contribution is -2.26. The van der Waals surface area contributed by atoms with Crippen LogP contribution in [0.1, 0.15) is 28.8 Å². The van der Waals surface area contributed by atoms with Gasteiger partial charge in [-0.05, 0) is 42.9 Å². The van der Waals surface area contributed by atoms with Crippen LogP contribution in [0, 0.1) is 17.8 Å². The summed E-state index contributed by atoms with van der Waals surface area (Å²) in [6.45, 7) is 0. The molecule has 0 radical (unpaired) electrons. The van der Waals surface area contributed by atoms with Crippen LogP contribution in [0.2, 0.25) is 0 Å². The summed E-state index contributed by atoms with van der Waals surface area (Å²) in [4.78, 5) is 23.5. The second-order valence-electron chi connectivity index (χ2n) is 6.04. The normalized spacial score (nSPS) is 25.6. The number of benzene rings is 1. The van der Waals surface area contributed by atoms with E-state index in [9.17, 15) is 22.8 Å². The van der Waals surface area contributed by atoms with Crippen molar-refractivity contribution in [1.29, 1.82) is 0 Å². The summed E-state index contributed by atoms with van der Waals surface area (Å²) in [6, 6.07) is 2.66. The third kappa shape index (κ3) is 3.09. The van der Waals surface area contributed by atoms with Crippen LogP contribution < -0.4 is 11.1 Å². The average molecular weight is 324 g/mol. The van der Waals surface area contributed by atoms with E-state index in [0.717, 1.165) is 12.5 Å². The van der Waals surface area contributed by atoms with E-state index in [1.54, 1.807) is 0 Å². The zero-order valence-electron chi connectivity index (χ0n) is 12.1. The molecule has 0 unspecified atom stereocenters. The number of nitrogens with one attached hydrogen (secondary N) is 1. The van der Waals surface area contributed by atoms with Gasteiger partial charge < -0.3 is 11.1 Å². The number of anilines is 1. The number of allylic oxidation sites excluding steroid dienone is 2. The lowest BCUT2D eigenvalue weighted by molar-refractivity contribution is -0.137. The summed E-state index contributed by atoms with van der Waals surface area (Å²) in [5, 5.41) is 2.50. The number of alkyl halides is 3. The zero-order valence-corrected chi connectivity index (χ0v) is 12.1. The molecule has 0 spiro atoms. The molecule has 1 aromatic carbocycles. The molecule has 1 fully saturated rings. The maximum atomic E-state index is 12.9. The van der Waals surface area contributed by atoms with Crippen LogP contribution in [0.4, 0.5) is 18.9 Å². The van der Waals surface area contributed by atoms with Gasteiger partial charge in [0.1, 0.15) is 0 Å². The molecule has 3 N–H and O–H groups in total. The Labute approximate surface area is 130 Å². The Morgan fingerprint density at radius 2 is 1.87 bits per heavy atom. The molecule has 1 aromatic rings. The molecule has 23 heavy (non-hydrogen) atoms. The number of halogens is 3. The lowest BCUT2D eigenvalue weighted by Gasteiger charge is -2.18. The third-order valence-electron chi connectivity index (χ3n) is 4.43. The number of rotatable bonds is 3. The molecule has 3 rings (SSSR count). The van der Waals surface area contributed by atoms with E-state index in [4.69, 9.17) is 5.73 Å². The second-order valence-corrected chi connectivity index (χ2v) is 6.04. The van der Waals surface area contributed by atoms with Crippen molar-refractivity contribution in [3.63, 3.8) is 0 Å². The molecule has 2 aliphatic carbocycles. The van der Waals surface area contributed by atoms with Gasteiger partial charge in [0.2, 0.25) is 11.8 Å². The molecule has 3 atom stereocenters. The molecular formula is C16H15F3N2O2. The Bertz CT molecular complexity index is 697. The Hall–Kier alpha value is -2.31. The fourth-order valence-corrected chi connectivity index (χ4v) is 3.32. The summed E-state index contributed by atoms with van der Waals surface area (Å²) in [5.41, 5.74) is 3.70. The predicted molar refractivity (Wildman–Crippen MR) is 77.4 cm³/mol. The van der Waals surface area contributed by atoms with Crippen molar-refractivity contribution in [2.24, 2.45) is 23.5 Å². The number of fused-ring (bicyclic) bond motifs is 2. The van der Waals surface area contributed by atoms with Crippen LogP contribution in [0.15, 0.2) is 30.4 Å². The zero-order chi connectivity index (χ0) is 16.8. The minimum atomic E-state index is -4.62. The van der Waals surface area contributed by atoms with Crippen LogP contribution >= 0.6 is 0 Å². The summed E-state index contributed by atoms with van der Waals surface area (Å²) < 4.78 is 38.7. The van der Waals surface area contributed by atoms with Crippen LogP contribution in [-0.4, -0.2) is 11.8 Å². The molecule has 0 aliphatic heterocycles. The van der Waals surface area contributed by atoms with Crippen molar-refractivity contribution in [2.75, 3.05) is 5.32 Å². The van der Waals surface area contributed by atoms with Crippen LogP contribution in [-0.2, 0) is 11.0 Å². The van der Waals surface area contributed by atoms with E-state index in [1.807, 2.05) is 6.08 Å². The number of carbonyl (C=O) groups excluding carboxylic acids is 2. The summed E-state index contributed by atoms with van der Waals surface area (Å²) in [6.07, 6.45) is 1.05. The molecule has 2 bridgehead atoms. The molecule has 0 saturated heterocycles. The van der Waals surface area contributed by atoms with Gasteiger partial charge in [-0.15, -0.1) is 0 Å². The standard InChI is InChI=1S/C16H15F3N2O2/c17-16(18,19)11-5-10(14(20)22)6-12(7-11)21-15(23)13-4-8-1-2-9(13)3-8/h1-2,5-9,13H,3-4H2,(H2,20,22)(H,21,23)/t8-,9+,13+/m1/s1. The fraction of sp³-hybridized carbons (Fsp3) is 0.375. The SMILES string of the molecule is NC(=O)c1cc(NC(=O)[C@H]2C[C@@H]3C=C[C@H]2C3)cc(C(F)(F)F)c1. The molecular weight excluding hydrogens is 309 g/mol. The van der Waals surface area contributed by atoms with Gasteiger partial charge in [-0.3, -0.25) is 9.59 Å². The minimum absolute atomic E-state index is 0.0645. The predicted octanol–water partition coefficient (Wildman–Crippen LogP) is 2.96. The lowest BCUT2D eigenvalue weighted by atomic mass is 9.92. The molecule has 122 valence electrons. The van der Waals surface area contributed by atoms with E-state index in [-0.39, 0.29) is 29.0 Å². The first-order valence-electron chi connectivity index (χ1n) is 7.25. The quantitative estimate of drug-likeness (QED) is 0.839. The fourth-order valence-electron chi connectivity index (χ4n) is 3.32. The first-order chi connectivity index (χ1) is 10.7. The summed E-state index contributed by atoms with van der Waals surface area (Å²) in [7, 11) is 0. The number of amides is 2. The third-order valence-corrected chi connectivity index (χ3v) is 4.43. The van der Waals surface area contributed by atoms with E-state index < -0.39 is 17.6 Å². The van der Waals surface area contributed by atoms with Crippen LogP contribution in [0.3, 0.4) is 0 Å². The maximum absolute atomic E-state index is 12.9. The first-order valence-corrected chi connectivity index (χ1v) is 7.25. The molecule has 0 heterocycles. The topological polar surface area (TPSA) is 72.2 Å². The largest absolute Gasteiger partial charge is 0.416 e. The molecule has 4 nitrogen and oxygen atoms in total. The summed E-state index contributed by atoms with van der Waals surface area (Å²) >= 11 is 0. The van der Waals surface area contributed by atoms with Gasteiger partial charge in [-0.1, -0.05) is 12.2 Å². The van der Waals surface area contributed by atoms with Gasteiger partial charge in [-0.25, -0.2) is 0 Å². The van der Waals surface area contributed by atoms with Gasteiger partial charge in [0, 0.05) is 17.2 Å². The van der Waals surface area contributed by atoms with Gasteiger partial charge in [0.25, 0.3) is 0 Å². The number of carbonyl (C=O) groups is 2. The van der Waals surface area contributed by atoms with Crippen molar-refractivity contribution >= 4 is 17.5 Å². The van der Waals surface area contributed by atoms with E-state index in [0.29, 0.717) is 18.4 Å². The number of nitrogens with two attached hydrogens (primary N) is 1. The highest BCUT2D eigenvalue weighted by molar-refractivity contribution is 5.97. The van der Waals surface area contributed by atoms with Gasteiger partial charge in [-0.2, -0.15) is 13.2 Å². The van der Waals surface area contributed by atoms with Crippen molar-refractivity contribution in [3.8, 4) is 0 Å². The highest BCUT2D eigenvalue weighted by Gasteiger charge is 2.40. The summed E-state index contributed by atoms with van der Waals surface area (Å²) in [5.74, 6) is -1.03.